The van der Waals surface area contributed by atoms with Crippen LogP contribution in [0.25, 0.3) is 0 Å². The number of rotatable bonds is 6. The molecule has 1 aliphatic rings. The number of aromatic nitrogens is 2. The summed E-state index contributed by atoms with van der Waals surface area (Å²) >= 11 is 0. The number of aliphatic hydroxyl groups excluding tert-OH is 1. The van der Waals surface area contributed by atoms with Gasteiger partial charge in [0.25, 0.3) is 0 Å². The van der Waals surface area contributed by atoms with Crippen LogP contribution in [-0.2, 0) is 5.67 Å². The van der Waals surface area contributed by atoms with Crippen LogP contribution in [0.5, 0.6) is 0 Å². The third-order valence-electron chi connectivity index (χ3n) is 5.39. The molecule has 1 fully saturated rings. The zero-order chi connectivity index (χ0) is 19.7. The largest absolute Gasteiger partial charge is 0.392 e. The molecule has 3 N–H and O–H groups in total. The molecular formula is C20H24FN5O. The Labute approximate surface area is 158 Å². The molecule has 2 aromatic rings. The maximum Gasteiger partial charge on any atom is 0.224 e. The molecule has 27 heavy (non-hydrogen) atoms. The molecule has 1 aromatic carbocycles. The van der Waals surface area contributed by atoms with Crippen LogP contribution in [0.1, 0.15) is 38.3 Å². The van der Waals surface area contributed by atoms with E-state index in [9.17, 15) is 14.8 Å². The Kier molecular flexibility index (Phi) is 5.03. The first kappa shape index (κ1) is 19.1. The zero-order valence-electron chi connectivity index (χ0n) is 15.7. The van der Waals surface area contributed by atoms with Gasteiger partial charge in [-0.1, -0.05) is 44.2 Å². The maximum absolute atomic E-state index is 15.0. The van der Waals surface area contributed by atoms with Crippen molar-refractivity contribution in [1.82, 2.24) is 9.97 Å². The van der Waals surface area contributed by atoms with Gasteiger partial charge in [0, 0.05) is 11.5 Å². The highest BCUT2D eigenvalue weighted by Gasteiger charge is 2.47. The normalized spacial score (nSPS) is 22.8. The lowest BCUT2D eigenvalue weighted by Gasteiger charge is -2.49. The van der Waals surface area contributed by atoms with Crippen LogP contribution < -0.4 is 10.6 Å². The molecule has 6 nitrogen and oxygen atoms in total. The van der Waals surface area contributed by atoms with Gasteiger partial charge in [0.2, 0.25) is 5.95 Å². The van der Waals surface area contributed by atoms with Crippen molar-refractivity contribution in [2.24, 2.45) is 5.41 Å². The van der Waals surface area contributed by atoms with Crippen LogP contribution in [0.4, 0.5) is 16.2 Å². The standard InChI is InChI=1S/C20H24FN5O/c1-19(2)15(9-16(19)27)25-17-13(10-22)11-23-18(26-17)24-12-20(3,21)14-7-5-4-6-8-14/h4-8,11,15-16,27H,9,12H2,1-3H3,(H2,23,24,25,26)/t15-,16+,20?/m1/s1. The van der Waals surface area contributed by atoms with Crippen molar-refractivity contribution in [3.8, 4) is 6.07 Å². The monoisotopic (exact) mass is 369 g/mol. The van der Waals surface area contributed by atoms with Crippen LogP contribution in [0.15, 0.2) is 36.5 Å². The van der Waals surface area contributed by atoms with Gasteiger partial charge in [-0.25, -0.2) is 9.37 Å². The summed E-state index contributed by atoms with van der Waals surface area (Å²) in [6, 6.07) is 11.0. The van der Waals surface area contributed by atoms with Gasteiger partial charge in [-0.15, -0.1) is 0 Å². The number of benzene rings is 1. The predicted octanol–water partition coefficient (Wildman–Crippen LogP) is 3.22. The van der Waals surface area contributed by atoms with E-state index in [1.54, 1.807) is 24.3 Å². The van der Waals surface area contributed by atoms with Gasteiger partial charge in [0.05, 0.1) is 18.8 Å². The molecule has 0 saturated heterocycles. The van der Waals surface area contributed by atoms with E-state index in [2.05, 4.69) is 26.7 Å². The topological polar surface area (TPSA) is 93.9 Å². The van der Waals surface area contributed by atoms with E-state index in [-0.39, 0.29) is 23.9 Å². The van der Waals surface area contributed by atoms with E-state index in [4.69, 9.17) is 0 Å². The molecule has 1 saturated carbocycles. The van der Waals surface area contributed by atoms with Gasteiger partial charge in [0.15, 0.2) is 0 Å². The summed E-state index contributed by atoms with van der Waals surface area (Å²) < 4.78 is 15.0. The highest BCUT2D eigenvalue weighted by Crippen LogP contribution is 2.42. The number of hydrogen-bond acceptors (Lipinski definition) is 6. The van der Waals surface area contributed by atoms with Crippen molar-refractivity contribution < 1.29 is 9.50 Å². The van der Waals surface area contributed by atoms with Gasteiger partial charge in [-0.2, -0.15) is 10.2 Å². The minimum atomic E-state index is -1.59. The third-order valence-corrected chi connectivity index (χ3v) is 5.39. The van der Waals surface area contributed by atoms with E-state index in [1.807, 2.05) is 19.9 Å². The highest BCUT2D eigenvalue weighted by molar-refractivity contribution is 5.54. The van der Waals surface area contributed by atoms with E-state index in [0.29, 0.717) is 23.4 Å². The average Bonchev–Trinajstić information content (AvgIpc) is 2.67. The summed E-state index contributed by atoms with van der Waals surface area (Å²) in [7, 11) is 0. The van der Waals surface area contributed by atoms with Gasteiger partial charge in [0.1, 0.15) is 23.1 Å². The third kappa shape index (κ3) is 3.86. The fourth-order valence-electron chi connectivity index (χ4n) is 3.10. The van der Waals surface area contributed by atoms with E-state index >= 15 is 0 Å². The number of nitrogens with zero attached hydrogens (tertiary/aromatic N) is 3. The van der Waals surface area contributed by atoms with Crippen molar-refractivity contribution >= 4 is 11.8 Å². The second-order valence-electron chi connectivity index (χ2n) is 7.75. The first-order chi connectivity index (χ1) is 12.7. The SMILES string of the molecule is CC(F)(CNc1ncc(C#N)c(N[C@@H]2C[C@H](O)C2(C)C)n1)c1ccccc1. The summed E-state index contributed by atoms with van der Waals surface area (Å²) in [6.07, 6.45) is 1.61. The number of anilines is 2. The van der Waals surface area contributed by atoms with Crippen LogP contribution in [0, 0.1) is 16.7 Å². The molecule has 3 rings (SSSR count). The van der Waals surface area contributed by atoms with Gasteiger partial charge < -0.3 is 15.7 Å². The molecule has 142 valence electrons. The lowest BCUT2D eigenvalue weighted by atomic mass is 9.64. The summed E-state index contributed by atoms with van der Waals surface area (Å²) in [5.74, 6) is 0.634. The predicted molar refractivity (Wildman–Crippen MR) is 102 cm³/mol. The van der Waals surface area contributed by atoms with E-state index in [0.717, 1.165) is 0 Å². The maximum atomic E-state index is 15.0. The lowest BCUT2D eigenvalue weighted by Crippen LogP contribution is -2.57. The first-order valence-electron chi connectivity index (χ1n) is 8.94. The molecule has 1 aromatic heterocycles. The fourth-order valence-corrected chi connectivity index (χ4v) is 3.10. The molecule has 0 radical (unpaired) electrons. The summed E-state index contributed by atoms with van der Waals surface area (Å²) in [6.45, 7) is 5.41. The van der Waals surface area contributed by atoms with Crippen molar-refractivity contribution in [3.05, 3.63) is 47.7 Å². The molecule has 1 unspecified atom stereocenters. The van der Waals surface area contributed by atoms with Gasteiger partial charge in [-0.3, -0.25) is 0 Å². The fraction of sp³-hybridized carbons (Fsp3) is 0.450. The molecule has 1 heterocycles. The van der Waals surface area contributed by atoms with Crippen molar-refractivity contribution in [1.29, 1.82) is 5.26 Å². The van der Waals surface area contributed by atoms with Crippen LogP contribution in [0.2, 0.25) is 0 Å². The van der Waals surface area contributed by atoms with Gasteiger partial charge in [-0.05, 0) is 18.9 Å². The summed E-state index contributed by atoms with van der Waals surface area (Å²) in [5.41, 5.74) is -1.03. The number of alkyl halides is 1. The second-order valence-corrected chi connectivity index (χ2v) is 7.75. The Morgan fingerprint density at radius 1 is 1.37 bits per heavy atom. The Morgan fingerprint density at radius 2 is 2.07 bits per heavy atom. The zero-order valence-corrected chi connectivity index (χ0v) is 15.7. The molecule has 0 bridgehead atoms. The van der Waals surface area contributed by atoms with Crippen LogP contribution >= 0.6 is 0 Å². The minimum Gasteiger partial charge on any atom is -0.392 e. The Bertz CT molecular complexity index is 847. The lowest BCUT2D eigenvalue weighted by molar-refractivity contribution is -0.0511. The summed E-state index contributed by atoms with van der Waals surface area (Å²) in [5, 5.41) is 25.3. The van der Waals surface area contributed by atoms with Crippen LogP contribution in [0.3, 0.4) is 0 Å². The molecular weight excluding hydrogens is 345 g/mol. The van der Waals surface area contributed by atoms with Crippen molar-refractivity contribution in [2.45, 2.75) is 45.0 Å². The minimum absolute atomic E-state index is 0.00175. The highest BCUT2D eigenvalue weighted by atomic mass is 19.1. The molecule has 0 amide bonds. The molecule has 1 aliphatic carbocycles. The van der Waals surface area contributed by atoms with Crippen LogP contribution in [-0.4, -0.2) is 33.8 Å². The molecule has 0 aliphatic heterocycles. The van der Waals surface area contributed by atoms with E-state index in [1.165, 1.54) is 13.1 Å². The van der Waals surface area contributed by atoms with E-state index < -0.39 is 11.8 Å². The number of halogens is 1. The van der Waals surface area contributed by atoms with Gasteiger partial charge >= 0.3 is 0 Å². The Hall–Kier alpha value is -2.72. The smallest absolute Gasteiger partial charge is 0.224 e. The molecule has 7 heteroatoms. The second kappa shape index (κ2) is 7.12. The molecule has 0 spiro atoms. The Balaban J connectivity index is 1.73. The van der Waals surface area contributed by atoms with Crippen molar-refractivity contribution in [3.63, 3.8) is 0 Å². The summed E-state index contributed by atoms with van der Waals surface area (Å²) in [4.78, 5) is 8.46. The number of nitrogens with one attached hydrogen (secondary N) is 2. The first-order valence-corrected chi connectivity index (χ1v) is 8.94. The average molecular weight is 369 g/mol. The number of hydrogen-bond donors (Lipinski definition) is 3. The number of nitriles is 1. The Morgan fingerprint density at radius 3 is 2.67 bits per heavy atom. The molecule has 3 atom stereocenters. The van der Waals surface area contributed by atoms with Crippen molar-refractivity contribution in [2.75, 3.05) is 17.2 Å². The number of aliphatic hydroxyl groups is 1. The quantitative estimate of drug-likeness (QED) is 0.724.